The molecule has 2 rings (SSSR count). The van der Waals surface area contributed by atoms with Gasteiger partial charge in [0.25, 0.3) is 0 Å². The Morgan fingerprint density at radius 2 is 1.88 bits per heavy atom. The molecular formula is C18H26BrN3O3. The molecule has 0 N–H and O–H groups in total. The number of carbonyl (C=O) groups is 2. The summed E-state index contributed by atoms with van der Waals surface area (Å²) >= 11 is 3.39. The molecule has 0 saturated carbocycles. The van der Waals surface area contributed by atoms with Crippen LogP contribution in [0.3, 0.4) is 0 Å². The molecule has 1 heterocycles. The molecule has 1 aliphatic heterocycles. The molecule has 7 heteroatoms. The van der Waals surface area contributed by atoms with Gasteiger partial charge in [-0.2, -0.15) is 0 Å². The summed E-state index contributed by atoms with van der Waals surface area (Å²) in [7, 11) is 1.80. The first-order chi connectivity index (χ1) is 12.0. The SMILES string of the molecule is CC(=O)N1CCCN(CC(=O)N(C)CCOc2ccc(Br)cc2)CC1. The van der Waals surface area contributed by atoms with Crippen molar-refractivity contribution in [2.75, 3.05) is 52.9 Å². The highest BCUT2D eigenvalue weighted by Crippen LogP contribution is 2.15. The molecular weight excluding hydrogens is 386 g/mol. The van der Waals surface area contributed by atoms with Gasteiger partial charge in [-0.3, -0.25) is 14.5 Å². The maximum atomic E-state index is 12.4. The third-order valence-corrected chi connectivity index (χ3v) is 4.86. The number of benzene rings is 1. The van der Waals surface area contributed by atoms with E-state index in [4.69, 9.17) is 4.74 Å². The molecule has 1 aromatic rings. The minimum atomic E-state index is 0.0793. The van der Waals surface area contributed by atoms with Crippen LogP contribution in [0.25, 0.3) is 0 Å². The fraction of sp³-hybridized carbons (Fsp3) is 0.556. The molecule has 1 aliphatic rings. The monoisotopic (exact) mass is 411 g/mol. The van der Waals surface area contributed by atoms with Crippen LogP contribution in [-0.4, -0.2) is 79.4 Å². The zero-order valence-corrected chi connectivity index (χ0v) is 16.5. The predicted molar refractivity (Wildman–Crippen MR) is 101 cm³/mol. The fourth-order valence-electron chi connectivity index (χ4n) is 2.71. The lowest BCUT2D eigenvalue weighted by Crippen LogP contribution is -2.41. The standard InChI is InChI=1S/C18H26BrN3O3/c1-15(23)22-9-3-8-21(10-11-22)14-18(24)20(2)12-13-25-17-6-4-16(19)5-7-17/h4-7H,3,8-14H2,1-2H3. The van der Waals surface area contributed by atoms with Gasteiger partial charge in [-0.1, -0.05) is 15.9 Å². The van der Waals surface area contributed by atoms with Crippen LogP contribution < -0.4 is 4.74 Å². The smallest absolute Gasteiger partial charge is 0.236 e. The first-order valence-corrected chi connectivity index (χ1v) is 9.35. The number of carbonyl (C=O) groups excluding carboxylic acids is 2. The van der Waals surface area contributed by atoms with Gasteiger partial charge in [0.2, 0.25) is 11.8 Å². The van der Waals surface area contributed by atoms with Crippen LogP contribution in [0.5, 0.6) is 5.75 Å². The summed E-state index contributed by atoms with van der Waals surface area (Å²) < 4.78 is 6.67. The molecule has 0 aliphatic carbocycles. The summed E-state index contributed by atoms with van der Waals surface area (Å²) in [5, 5.41) is 0. The summed E-state index contributed by atoms with van der Waals surface area (Å²) in [5.41, 5.74) is 0. The largest absolute Gasteiger partial charge is 0.492 e. The van der Waals surface area contributed by atoms with Crippen LogP contribution in [0.1, 0.15) is 13.3 Å². The minimum absolute atomic E-state index is 0.0793. The molecule has 0 spiro atoms. The quantitative estimate of drug-likeness (QED) is 0.716. The van der Waals surface area contributed by atoms with Crippen LogP contribution in [0, 0.1) is 0 Å². The van der Waals surface area contributed by atoms with E-state index in [0.29, 0.717) is 26.2 Å². The predicted octanol–water partition coefficient (Wildman–Crippen LogP) is 1.84. The van der Waals surface area contributed by atoms with Gasteiger partial charge in [0.15, 0.2) is 0 Å². The van der Waals surface area contributed by atoms with Crippen molar-refractivity contribution in [3.63, 3.8) is 0 Å². The van der Waals surface area contributed by atoms with Gasteiger partial charge in [0.1, 0.15) is 12.4 Å². The number of hydrogen-bond acceptors (Lipinski definition) is 4. The Morgan fingerprint density at radius 1 is 1.16 bits per heavy atom. The zero-order valence-electron chi connectivity index (χ0n) is 14.9. The van der Waals surface area contributed by atoms with E-state index in [1.807, 2.05) is 29.2 Å². The molecule has 0 aromatic heterocycles. The zero-order chi connectivity index (χ0) is 18.2. The van der Waals surface area contributed by atoms with Gasteiger partial charge >= 0.3 is 0 Å². The van der Waals surface area contributed by atoms with E-state index in [1.165, 1.54) is 0 Å². The van der Waals surface area contributed by atoms with E-state index in [-0.39, 0.29) is 11.8 Å². The van der Waals surface area contributed by atoms with Gasteiger partial charge in [-0.05, 0) is 30.7 Å². The molecule has 0 unspecified atom stereocenters. The number of amides is 2. The summed E-state index contributed by atoms with van der Waals surface area (Å²) in [4.78, 5) is 29.5. The van der Waals surface area contributed by atoms with E-state index in [0.717, 1.165) is 36.3 Å². The number of halogens is 1. The highest BCUT2D eigenvalue weighted by molar-refractivity contribution is 9.10. The summed E-state index contributed by atoms with van der Waals surface area (Å²) in [6.45, 7) is 6.05. The second-order valence-electron chi connectivity index (χ2n) is 6.25. The molecule has 0 radical (unpaired) electrons. The second kappa shape index (κ2) is 9.77. The Labute approximate surface area is 157 Å². The van der Waals surface area contributed by atoms with E-state index in [9.17, 15) is 9.59 Å². The molecule has 25 heavy (non-hydrogen) atoms. The lowest BCUT2D eigenvalue weighted by atomic mass is 10.3. The van der Waals surface area contributed by atoms with Crippen molar-refractivity contribution >= 4 is 27.7 Å². The van der Waals surface area contributed by atoms with Crippen LogP contribution >= 0.6 is 15.9 Å². The molecule has 1 fully saturated rings. The lowest BCUT2D eigenvalue weighted by molar-refractivity contribution is -0.131. The maximum Gasteiger partial charge on any atom is 0.236 e. The van der Waals surface area contributed by atoms with Crippen molar-refractivity contribution in [2.24, 2.45) is 0 Å². The number of hydrogen-bond donors (Lipinski definition) is 0. The van der Waals surface area contributed by atoms with Crippen molar-refractivity contribution in [1.29, 1.82) is 0 Å². The molecule has 0 bridgehead atoms. The van der Waals surface area contributed by atoms with E-state index in [2.05, 4.69) is 20.8 Å². The molecule has 0 atom stereocenters. The third kappa shape index (κ3) is 6.66. The van der Waals surface area contributed by atoms with Crippen molar-refractivity contribution in [3.8, 4) is 5.75 Å². The van der Waals surface area contributed by atoms with E-state index < -0.39 is 0 Å². The van der Waals surface area contributed by atoms with Crippen LogP contribution in [-0.2, 0) is 9.59 Å². The molecule has 1 saturated heterocycles. The number of rotatable bonds is 6. The van der Waals surface area contributed by atoms with Gasteiger partial charge in [-0.15, -0.1) is 0 Å². The van der Waals surface area contributed by atoms with Gasteiger partial charge in [0, 0.05) is 44.6 Å². The highest BCUT2D eigenvalue weighted by atomic mass is 79.9. The molecule has 1 aromatic carbocycles. The topological polar surface area (TPSA) is 53.1 Å². The lowest BCUT2D eigenvalue weighted by Gasteiger charge is -2.24. The van der Waals surface area contributed by atoms with E-state index >= 15 is 0 Å². The highest BCUT2D eigenvalue weighted by Gasteiger charge is 2.19. The normalized spacial score (nSPS) is 15.6. The third-order valence-electron chi connectivity index (χ3n) is 4.33. The number of nitrogens with zero attached hydrogens (tertiary/aromatic N) is 3. The van der Waals surface area contributed by atoms with Gasteiger partial charge in [0.05, 0.1) is 13.1 Å². The minimum Gasteiger partial charge on any atom is -0.492 e. The maximum absolute atomic E-state index is 12.4. The Hall–Kier alpha value is -1.60. The average molecular weight is 412 g/mol. The van der Waals surface area contributed by atoms with Gasteiger partial charge in [-0.25, -0.2) is 0 Å². The Balaban J connectivity index is 1.70. The fourth-order valence-corrected chi connectivity index (χ4v) is 2.98. The van der Waals surface area contributed by atoms with Crippen molar-refractivity contribution in [2.45, 2.75) is 13.3 Å². The van der Waals surface area contributed by atoms with Crippen molar-refractivity contribution in [1.82, 2.24) is 14.7 Å². The Morgan fingerprint density at radius 3 is 2.56 bits per heavy atom. The first-order valence-electron chi connectivity index (χ1n) is 8.56. The van der Waals surface area contributed by atoms with E-state index in [1.54, 1.807) is 18.9 Å². The summed E-state index contributed by atoms with van der Waals surface area (Å²) in [5.74, 6) is 0.979. The number of ether oxygens (including phenoxy) is 1. The van der Waals surface area contributed by atoms with Crippen LogP contribution in [0.15, 0.2) is 28.7 Å². The van der Waals surface area contributed by atoms with Crippen LogP contribution in [0.4, 0.5) is 0 Å². The summed E-state index contributed by atoms with van der Waals surface area (Å²) in [6, 6.07) is 7.63. The van der Waals surface area contributed by atoms with Crippen LogP contribution in [0.2, 0.25) is 0 Å². The molecule has 138 valence electrons. The Bertz CT molecular complexity index is 579. The number of likely N-dealkylation sites (N-methyl/N-ethyl adjacent to an activating group) is 1. The average Bonchev–Trinajstić information content (AvgIpc) is 2.82. The Kier molecular flexibility index (Phi) is 7.71. The second-order valence-corrected chi connectivity index (χ2v) is 7.17. The van der Waals surface area contributed by atoms with Crippen molar-refractivity contribution < 1.29 is 14.3 Å². The van der Waals surface area contributed by atoms with Crippen molar-refractivity contribution in [3.05, 3.63) is 28.7 Å². The molecule has 2 amide bonds. The summed E-state index contributed by atoms with van der Waals surface area (Å²) in [6.07, 6.45) is 0.906. The molecule has 6 nitrogen and oxygen atoms in total. The van der Waals surface area contributed by atoms with Gasteiger partial charge < -0.3 is 14.5 Å². The first kappa shape index (κ1) is 19.7.